The second kappa shape index (κ2) is 10.6. The zero-order valence-corrected chi connectivity index (χ0v) is 21.2. The van der Waals surface area contributed by atoms with Crippen molar-refractivity contribution in [3.63, 3.8) is 0 Å². The molecular weight excluding hydrogens is 404 g/mol. The van der Waals surface area contributed by atoms with Gasteiger partial charge in [0.2, 0.25) is 0 Å². The SMILES string of the molecule is CCCc1ccc2c(c1)CCC1C(C(C)NCCC(N)c3ccc(OC)cc3)CCCC21C. The van der Waals surface area contributed by atoms with Crippen molar-refractivity contribution in [3.05, 3.63) is 64.7 Å². The van der Waals surface area contributed by atoms with E-state index in [1.165, 1.54) is 56.1 Å². The van der Waals surface area contributed by atoms with Crippen LogP contribution in [0.15, 0.2) is 42.5 Å². The Morgan fingerprint density at radius 1 is 1.15 bits per heavy atom. The molecule has 0 aromatic heterocycles. The molecule has 5 unspecified atom stereocenters. The summed E-state index contributed by atoms with van der Waals surface area (Å²) < 4.78 is 5.27. The number of methoxy groups -OCH3 is 1. The van der Waals surface area contributed by atoms with E-state index in [2.05, 4.69) is 56.4 Å². The number of nitrogens with two attached hydrogens (primary N) is 1. The molecule has 3 heteroatoms. The molecular formula is C30H44N2O. The monoisotopic (exact) mass is 448 g/mol. The first-order valence-electron chi connectivity index (χ1n) is 13.2. The second-order valence-electron chi connectivity index (χ2n) is 10.8. The number of hydrogen-bond acceptors (Lipinski definition) is 3. The highest BCUT2D eigenvalue weighted by molar-refractivity contribution is 5.41. The van der Waals surface area contributed by atoms with E-state index in [4.69, 9.17) is 10.5 Å². The Kier molecular flexibility index (Phi) is 7.81. The Morgan fingerprint density at radius 3 is 2.67 bits per heavy atom. The molecule has 0 aliphatic heterocycles. The van der Waals surface area contributed by atoms with Gasteiger partial charge in [0.15, 0.2) is 0 Å². The van der Waals surface area contributed by atoms with Crippen LogP contribution >= 0.6 is 0 Å². The first kappa shape index (κ1) is 24.3. The van der Waals surface area contributed by atoms with Gasteiger partial charge in [0.1, 0.15) is 5.75 Å². The smallest absolute Gasteiger partial charge is 0.118 e. The van der Waals surface area contributed by atoms with Crippen molar-refractivity contribution in [3.8, 4) is 5.75 Å². The van der Waals surface area contributed by atoms with Gasteiger partial charge in [-0.2, -0.15) is 0 Å². The Balaban J connectivity index is 1.38. The van der Waals surface area contributed by atoms with Gasteiger partial charge >= 0.3 is 0 Å². The van der Waals surface area contributed by atoms with Gasteiger partial charge in [0.25, 0.3) is 0 Å². The molecule has 0 amide bonds. The Labute approximate surface area is 201 Å². The van der Waals surface area contributed by atoms with Gasteiger partial charge in [0.05, 0.1) is 7.11 Å². The number of nitrogens with one attached hydrogen (secondary N) is 1. The van der Waals surface area contributed by atoms with Crippen LogP contribution in [-0.4, -0.2) is 19.7 Å². The zero-order valence-electron chi connectivity index (χ0n) is 21.2. The van der Waals surface area contributed by atoms with Crippen molar-refractivity contribution in [2.24, 2.45) is 17.6 Å². The largest absolute Gasteiger partial charge is 0.497 e. The zero-order chi connectivity index (χ0) is 23.4. The predicted molar refractivity (Wildman–Crippen MR) is 139 cm³/mol. The van der Waals surface area contributed by atoms with Gasteiger partial charge in [-0.3, -0.25) is 0 Å². The third kappa shape index (κ3) is 5.15. The van der Waals surface area contributed by atoms with Gasteiger partial charge in [-0.15, -0.1) is 0 Å². The maximum atomic E-state index is 6.48. The Bertz CT molecular complexity index is 908. The molecule has 0 radical (unpaired) electrons. The van der Waals surface area contributed by atoms with E-state index in [0.29, 0.717) is 11.5 Å². The standard InChI is InChI=1S/C30H44N2O/c1-5-7-22-9-15-27-24(20-22)12-16-28-26(8-6-18-30(27,28)3)21(2)32-19-17-29(31)23-10-13-25(33-4)14-11-23/h9-11,13-15,20-21,26,28-29,32H,5-8,12,16-19,31H2,1-4H3. The van der Waals surface area contributed by atoms with Crippen LogP contribution in [0.1, 0.15) is 87.6 Å². The molecule has 0 spiro atoms. The topological polar surface area (TPSA) is 47.3 Å². The third-order valence-corrected chi connectivity index (χ3v) is 8.72. The van der Waals surface area contributed by atoms with Crippen molar-refractivity contribution in [2.75, 3.05) is 13.7 Å². The molecule has 2 aliphatic rings. The maximum Gasteiger partial charge on any atom is 0.118 e. The van der Waals surface area contributed by atoms with Crippen LogP contribution in [0.25, 0.3) is 0 Å². The van der Waals surface area contributed by atoms with E-state index in [1.54, 1.807) is 18.2 Å². The fraction of sp³-hybridized carbons (Fsp3) is 0.600. The number of rotatable bonds is 9. The summed E-state index contributed by atoms with van der Waals surface area (Å²) in [5.41, 5.74) is 12.8. The van der Waals surface area contributed by atoms with Crippen molar-refractivity contribution >= 4 is 0 Å². The quantitative estimate of drug-likeness (QED) is 0.471. The van der Waals surface area contributed by atoms with Crippen LogP contribution in [0, 0.1) is 11.8 Å². The molecule has 33 heavy (non-hydrogen) atoms. The average molecular weight is 449 g/mol. The predicted octanol–water partition coefficient (Wildman–Crippen LogP) is 6.34. The molecule has 5 atom stereocenters. The molecule has 0 heterocycles. The summed E-state index contributed by atoms with van der Waals surface area (Å²) in [4.78, 5) is 0. The number of aryl methyl sites for hydroxylation is 2. The molecule has 1 saturated carbocycles. The summed E-state index contributed by atoms with van der Waals surface area (Å²) in [6.07, 6.45) is 9.99. The maximum absolute atomic E-state index is 6.48. The van der Waals surface area contributed by atoms with E-state index >= 15 is 0 Å². The van der Waals surface area contributed by atoms with Gasteiger partial charge in [-0.1, -0.05) is 57.0 Å². The van der Waals surface area contributed by atoms with Gasteiger partial charge in [-0.05, 0) is 104 Å². The molecule has 2 aromatic rings. The van der Waals surface area contributed by atoms with Gasteiger partial charge in [0, 0.05) is 12.1 Å². The summed E-state index contributed by atoms with van der Waals surface area (Å²) >= 11 is 0. The lowest BCUT2D eigenvalue weighted by Crippen LogP contribution is -2.50. The van der Waals surface area contributed by atoms with Gasteiger partial charge in [-0.25, -0.2) is 0 Å². The lowest BCUT2D eigenvalue weighted by molar-refractivity contribution is 0.0828. The molecule has 3 nitrogen and oxygen atoms in total. The minimum Gasteiger partial charge on any atom is -0.497 e. The van der Waals surface area contributed by atoms with E-state index < -0.39 is 0 Å². The summed E-state index contributed by atoms with van der Waals surface area (Å²) in [6, 6.07) is 16.2. The summed E-state index contributed by atoms with van der Waals surface area (Å²) in [6.45, 7) is 8.22. The molecule has 2 aromatic carbocycles. The molecule has 180 valence electrons. The normalized spacial score (nSPS) is 26.2. The lowest BCUT2D eigenvalue weighted by atomic mass is 9.53. The Hall–Kier alpha value is -1.84. The van der Waals surface area contributed by atoms with E-state index in [1.807, 2.05) is 12.1 Å². The lowest BCUT2D eigenvalue weighted by Gasteiger charge is -2.52. The summed E-state index contributed by atoms with van der Waals surface area (Å²) in [7, 11) is 1.70. The molecule has 1 fully saturated rings. The highest BCUT2D eigenvalue weighted by Crippen LogP contribution is 2.53. The first-order valence-corrected chi connectivity index (χ1v) is 13.2. The van der Waals surface area contributed by atoms with E-state index in [9.17, 15) is 0 Å². The Morgan fingerprint density at radius 2 is 1.94 bits per heavy atom. The molecule has 0 bridgehead atoms. The average Bonchev–Trinajstić information content (AvgIpc) is 2.83. The number of ether oxygens (including phenoxy) is 1. The van der Waals surface area contributed by atoms with Crippen LogP contribution in [0.3, 0.4) is 0 Å². The molecule has 2 aliphatic carbocycles. The van der Waals surface area contributed by atoms with Gasteiger partial charge < -0.3 is 15.8 Å². The van der Waals surface area contributed by atoms with Crippen molar-refractivity contribution < 1.29 is 4.74 Å². The van der Waals surface area contributed by atoms with Crippen molar-refractivity contribution in [2.45, 2.75) is 89.6 Å². The van der Waals surface area contributed by atoms with E-state index in [0.717, 1.165) is 30.6 Å². The van der Waals surface area contributed by atoms with Crippen LogP contribution < -0.4 is 15.8 Å². The highest BCUT2D eigenvalue weighted by Gasteiger charge is 2.47. The first-order chi connectivity index (χ1) is 16.0. The van der Waals surface area contributed by atoms with Crippen LogP contribution in [-0.2, 0) is 18.3 Å². The molecule has 4 rings (SSSR count). The second-order valence-corrected chi connectivity index (χ2v) is 10.8. The van der Waals surface area contributed by atoms with Crippen molar-refractivity contribution in [1.82, 2.24) is 5.32 Å². The van der Waals surface area contributed by atoms with Crippen LogP contribution in [0.2, 0.25) is 0 Å². The van der Waals surface area contributed by atoms with Crippen LogP contribution in [0.4, 0.5) is 0 Å². The fourth-order valence-corrected chi connectivity index (χ4v) is 6.83. The highest BCUT2D eigenvalue weighted by atomic mass is 16.5. The van der Waals surface area contributed by atoms with Crippen molar-refractivity contribution in [1.29, 1.82) is 0 Å². The number of fused-ring (bicyclic) bond motifs is 3. The number of benzene rings is 2. The third-order valence-electron chi connectivity index (χ3n) is 8.72. The molecule has 3 N–H and O–H groups in total. The summed E-state index contributed by atoms with van der Waals surface area (Å²) in [5, 5.41) is 3.87. The summed E-state index contributed by atoms with van der Waals surface area (Å²) in [5.74, 6) is 2.40. The minimum absolute atomic E-state index is 0.0612. The van der Waals surface area contributed by atoms with E-state index in [-0.39, 0.29) is 6.04 Å². The van der Waals surface area contributed by atoms with Crippen LogP contribution in [0.5, 0.6) is 5.75 Å². The molecule has 0 saturated heterocycles. The number of hydrogen-bond donors (Lipinski definition) is 2. The minimum atomic E-state index is 0.0612. The fourth-order valence-electron chi connectivity index (χ4n) is 6.83.